The summed E-state index contributed by atoms with van der Waals surface area (Å²) in [5, 5.41) is 5.58. The Kier molecular flexibility index (Phi) is 7.18. The topological polar surface area (TPSA) is 78.5 Å². The number of likely N-dealkylation sites (tertiary alicyclic amines) is 1. The summed E-state index contributed by atoms with van der Waals surface area (Å²) in [7, 11) is 0. The van der Waals surface area contributed by atoms with Crippen molar-refractivity contribution >= 4 is 17.7 Å². The van der Waals surface area contributed by atoms with Gasteiger partial charge in [-0.05, 0) is 37.8 Å². The molecule has 0 aliphatic carbocycles. The predicted octanol–water partition coefficient (Wildman–Crippen LogP) is 1.88. The molecule has 0 spiro atoms. The van der Waals surface area contributed by atoms with Crippen LogP contribution < -0.4 is 10.6 Å². The summed E-state index contributed by atoms with van der Waals surface area (Å²) in [5.41, 5.74) is 1.60. The first kappa shape index (κ1) is 19.9. The van der Waals surface area contributed by atoms with E-state index in [9.17, 15) is 14.4 Å². The van der Waals surface area contributed by atoms with E-state index < -0.39 is 6.04 Å². The van der Waals surface area contributed by atoms with Crippen molar-refractivity contribution < 1.29 is 14.4 Å². The van der Waals surface area contributed by atoms with Gasteiger partial charge in [-0.2, -0.15) is 0 Å². The normalized spacial score (nSPS) is 15.0. The second-order valence-electron chi connectivity index (χ2n) is 7.19. The van der Waals surface area contributed by atoms with Crippen LogP contribution in [0.1, 0.15) is 49.0 Å². The van der Waals surface area contributed by atoms with Gasteiger partial charge in [-0.3, -0.25) is 14.4 Å². The van der Waals surface area contributed by atoms with Crippen molar-refractivity contribution in [2.45, 2.75) is 46.1 Å². The molecule has 1 aromatic rings. The number of carbonyl (C=O) groups excluding carboxylic acids is 3. The molecule has 1 atom stereocenters. The molecule has 6 nitrogen and oxygen atoms in total. The molecule has 1 aromatic carbocycles. The fourth-order valence-corrected chi connectivity index (χ4v) is 2.99. The van der Waals surface area contributed by atoms with Crippen LogP contribution >= 0.6 is 0 Å². The number of carbonyl (C=O) groups is 3. The van der Waals surface area contributed by atoms with Gasteiger partial charge in [0, 0.05) is 31.6 Å². The Morgan fingerprint density at radius 1 is 1.08 bits per heavy atom. The smallest absolute Gasteiger partial charge is 0.251 e. The van der Waals surface area contributed by atoms with Crippen LogP contribution in [0.2, 0.25) is 0 Å². The summed E-state index contributed by atoms with van der Waals surface area (Å²) >= 11 is 0. The minimum absolute atomic E-state index is 0.0568. The second-order valence-corrected chi connectivity index (χ2v) is 7.19. The third-order valence-corrected chi connectivity index (χ3v) is 4.65. The largest absolute Gasteiger partial charge is 0.354 e. The lowest BCUT2D eigenvalue weighted by Gasteiger charge is -2.22. The Balaban J connectivity index is 1.85. The number of nitrogens with one attached hydrogen (secondary N) is 2. The number of nitrogens with zero attached hydrogens (tertiary/aromatic N) is 1. The number of hydrogen-bond donors (Lipinski definition) is 2. The van der Waals surface area contributed by atoms with Gasteiger partial charge >= 0.3 is 0 Å². The van der Waals surface area contributed by atoms with E-state index in [0.29, 0.717) is 12.0 Å². The van der Waals surface area contributed by atoms with E-state index in [-0.39, 0.29) is 30.2 Å². The molecule has 2 rings (SSSR count). The molecule has 1 aliphatic heterocycles. The van der Waals surface area contributed by atoms with Crippen LogP contribution in [0, 0.1) is 12.8 Å². The maximum atomic E-state index is 12.5. The van der Waals surface area contributed by atoms with E-state index in [1.165, 1.54) is 0 Å². The lowest BCUT2D eigenvalue weighted by molar-refractivity contribution is -0.130. The van der Waals surface area contributed by atoms with Crippen molar-refractivity contribution in [1.29, 1.82) is 0 Å². The van der Waals surface area contributed by atoms with E-state index >= 15 is 0 Å². The number of benzene rings is 1. The number of amides is 3. The fourth-order valence-electron chi connectivity index (χ4n) is 2.99. The summed E-state index contributed by atoms with van der Waals surface area (Å²) in [6, 6.07) is 6.58. The van der Waals surface area contributed by atoms with Gasteiger partial charge < -0.3 is 15.5 Å². The molecule has 6 heteroatoms. The SMILES string of the molecule is Cc1ccc(C(=O)N[C@H](C(=O)NCCC(=O)N2CCCC2)C(C)C)cc1. The molecule has 0 radical (unpaired) electrons. The molecule has 26 heavy (non-hydrogen) atoms. The van der Waals surface area contributed by atoms with Crippen LogP contribution in [0.5, 0.6) is 0 Å². The quantitative estimate of drug-likeness (QED) is 0.780. The average molecular weight is 359 g/mol. The van der Waals surface area contributed by atoms with Crippen LogP contribution in [-0.4, -0.2) is 48.3 Å². The lowest BCUT2D eigenvalue weighted by atomic mass is 10.0. The Hall–Kier alpha value is -2.37. The van der Waals surface area contributed by atoms with Crippen molar-refractivity contribution in [3.63, 3.8) is 0 Å². The predicted molar refractivity (Wildman–Crippen MR) is 101 cm³/mol. The molecule has 1 heterocycles. The Morgan fingerprint density at radius 2 is 1.69 bits per heavy atom. The molecule has 2 N–H and O–H groups in total. The zero-order chi connectivity index (χ0) is 19.1. The second kappa shape index (κ2) is 9.36. The Labute approximate surface area is 155 Å². The zero-order valence-electron chi connectivity index (χ0n) is 15.9. The maximum absolute atomic E-state index is 12.5. The first-order valence-electron chi connectivity index (χ1n) is 9.31. The van der Waals surface area contributed by atoms with E-state index in [2.05, 4.69) is 10.6 Å². The lowest BCUT2D eigenvalue weighted by Crippen LogP contribution is -2.50. The summed E-state index contributed by atoms with van der Waals surface area (Å²) < 4.78 is 0. The fraction of sp³-hybridized carbons (Fsp3) is 0.550. The average Bonchev–Trinajstić information content (AvgIpc) is 3.14. The monoisotopic (exact) mass is 359 g/mol. The zero-order valence-corrected chi connectivity index (χ0v) is 15.9. The van der Waals surface area contributed by atoms with Crippen LogP contribution in [-0.2, 0) is 9.59 Å². The Bertz CT molecular complexity index is 634. The molecule has 1 saturated heterocycles. The highest BCUT2D eigenvalue weighted by Gasteiger charge is 2.25. The van der Waals surface area contributed by atoms with Gasteiger partial charge in [0.25, 0.3) is 5.91 Å². The highest BCUT2D eigenvalue weighted by Crippen LogP contribution is 2.09. The number of hydrogen-bond acceptors (Lipinski definition) is 3. The molecule has 1 fully saturated rings. The highest BCUT2D eigenvalue weighted by molar-refractivity contribution is 5.97. The van der Waals surface area contributed by atoms with Crippen LogP contribution in [0.4, 0.5) is 0 Å². The van der Waals surface area contributed by atoms with Crippen molar-refractivity contribution in [3.05, 3.63) is 35.4 Å². The van der Waals surface area contributed by atoms with Crippen LogP contribution in [0.3, 0.4) is 0 Å². The van der Waals surface area contributed by atoms with Crippen molar-refractivity contribution in [1.82, 2.24) is 15.5 Å². The van der Waals surface area contributed by atoms with Crippen LogP contribution in [0.25, 0.3) is 0 Å². The minimum atomic E-state index is -0.634. The first-order valence-corrected chi connectivity index (χ1v) is 9.31. The maximum Gasteiger partial charge on any atom is 0.251 e. The molecule has 1 aliphatic rings. The van der Waals surface area contributed by atoms with E-state index in [1.807, 2.05) is 37.8 Å². The summed E-state index contributed by atoms with van der Waals surface area (Å²) in [6.07, 6.45) is 2.40. The molecular weight excluding hydrogens is 330 g/mol. The van der Waals surface area contributed by atoms with Crippen LogP contribution in [0.15, 0.2) is 24.3 Å². The molecule has 0 unspecified atom stereocenters. The van der Waals surface area contributed by atoms with Gasteiger partial charge in [-0.15, -0.1) is 0 Å². The number of aryl methyl sites for hydroxylation is 1. The van der Waals surface area contributed by atoms with Crippen molar-refractivity contribution in [2.24, 2.45) is 5.92 Å². The summed E-state index contributed by atoms with van der Waals surface area (Å²) in [6.45, 7) is 7.64. The number of rotatable bonds is 7. The minimum Gasteiger partial charge on any atom is -0.354 e. The van der Waals surface area contributed by atoms with Crippen molar-refractivity contribution in [3.8, 4) is 0 Å². The van der Waals surface area contributed by atoms with Gasteiger partial charge in [0.2, 0.25) is 11.8 Å². The molecule has 142 valence electrons. The summed E-state index contributed by atoms with van der Waals surface area (Å²) in [4.78, 5) is 38.7. The van der Waals surface area contributed by atoms with Gasteiger partial charge in [-0.25, -0.2) is 0 Å². The summed E-state index contributed by atoms with van der Waals surface area (Å²) in [5.74, 6) is -0.507. The van der Waals surface area contributed by atoms with E-state index in [1.54, 1.807) is 12.1 Å². The van der Waals surface area contributed by atoms with Gasteiger partial charge in [0.15, 0.2) is 0 Å². The molecule has 0 saturated carbocycles. The first-order chi connectivity index (χ1) is 12.4. The van der Waals surface area contributed by atoms with E-state index in [0.717, 1.165) is 31.5 Å². The standard InChI is InChI=1S/C20H29N3O3/c1-14(2)18(22-19(25)16-8-6-15(3)7-9-16)20(26)21-11-10-17(24)23-12-4-5-13-23/h6-9,14,18H,4-5,10-13H2,1-3H3,(H,21,26)(H,22,25)/t18-/m0/s1. The highest BCUT2D eigenvalue weighted by atomic mass is 16.2. The molecular formula is C20H29N3O3. The molecule has 3 amide bonds. The van der Waals surface area contributed by atoms with Gasteiger partial charge in [0.05, 0.1) is 0 Å². The molecule has 0 bridgehead atoms. The third-order valence-electron chi connectivity index (χ3n) is 4.65. The third kappa shape index (κ3) is 5.58. The Morgan fingerprint density at radius 3 is 2.27 bits per heavy atom. The molecule has 0 aromatic heterocycles. The van der Waals surface area contributed by atoms with Gasteiger partial charge in [-0.1, -0.05) is 31.5 Å². The van der Waals surface area contributed by atoms with E-state index in [4.69, 9.17) is 0 Å². The van der Waals surface area contributed by atoms with Gasteiger partial charge in [0.1, 0.15) is 6.04 Å². The van der Waals surface area contributed by atoms with Crippen molar-refractivity contribution in [2.75, 3.05) is 19.6 Å².